The number of carboxylic acid groups (broad SMARTS) is 1. The maximum absolute atomic E-state index is 13.7. The van der Waals surface area contributed by atoms with Crippen molar-refractivity contribution in [2.75, 3.05) is 19.0 Å². The normalized spacial score (nSPS) is 10.2. The van der Waals surface area contributed by atoms with Gasteiger partial charge >= 0.3 is 5.97 Å². The van der Waals surface area contributed by atoms with Crippen molar-refractivity contribution >= 4 is 11.7 Å². The van der Waals surface area contributed by atoms with Gasteiger partial charge in [-0.2, -0.15) is 0 Å². The van der Waals surface area contributed by atoms with E-state index in [4.69, 9.17) is 9.84 Å². The zero-order valence-electron chi connectivity index (χ0n) is 11.6. The third kappa shape index (κ3) is 3.51. The van der Waals surface area contributed by atoms with Crippen LogP contribution in [0, 0.1) is 5.82 Å². The van der Waals surface area contributed by atoms with Gasteiger partial charge in [0.2, 0.25) is 0 Å². The third-order valence-corrected chi connectivity index (χ3v) is 3.13. The van der Waals surface area contributed by atoms with Crippen molar-refractivity contribution in [1.29, 1.82) is 0 Å². The largest absolute Gasteiger partial charge is 0.496 e. The average Bonchev–Trinajstić information content (AvgIpc) is 2.49. The highest BCUT2D eigenvalue weighted by Crippen LogP contribution is 2.21. The van der Waals surface area contributed by atoms with Gasteiger partial charge in [-0.15, -0.1) is 0 Å². The minimum absolute atomic E-state index is 0.0138. The van der Waals surface area contributed by atoms with E-state index in [2.05, 4.69) is 5.32 Å². The van der Waals surface area contributed by atoms with Crippen molar-refractivity contribution in [3.05, 3.63) is 59.4 Å². The molecule has 4 nitrogen and oxygen atoms in total. The number of anilines is 1. The lowest BCUT2D eigenvalue weighted by Crippen LogP contribution is -2.11. The summed E-state index contributed by atoms with van der Waals surface area (Å²) in [5.74, 6) is -0.976. The van der Waals surface area contributed by atoms with Gasteiger partial charge in [0.1, 0.15) is 11.6 Å². The van der Waals surface area contributed by atoms with Gasteiger partial charge in [0.25, 0.3) is 0 Å². The van der Waals surface area contributed by atoms with Gasteiger partial charge in [-0.25, -0.2) is 9.18 Å². The van der Waals surface area contributed by atoms with E-state index >= 15 is 0 Å². The number of methoxy groups -OCH3 is 1. The minimum atomic E-state index is -1.16. The summed E-state index contributed by atoms with van der Waals surface area (Å²) in [6, 6.07) is 11.5. The molecular weight excluding hydrogens is 273 g/mol. The summed E-state index contributed by atoms with van der Waals surface area (Å²) in [5, 5.41) is 11.9. The molecule has 0 bridgehead atoms. The summed E-state index contributed by atoms with van der Waals surface area (Å²) < 4.78 is 19.0. The maximum atomic E-state index is 13.7. The van der Waals surface area contributed by atoms with Crippen LogP contribution in [0.25, 0.3) is 0 Å². The molecule has 0 saturated carbocycles. The fourth-order valence-electron chi connectivity index (χ4n) is 2.11. The second-order valence-corrected chi connectivity index (χ2v) is 4.46. The molecule has 0 aliphatic carbocycles. The Morgan fingerprint density at radius 3 is 2.71 bits per heavy atom. The van der Waals surface area contributed by atoms with Gasteiger partial charge in [0.05, 0.1) is 18.4 Å². The standard InChI is InChI=1S/C16H16FNO3/c1-21-14-8-3-2-5-11(14)9-10-18-15-12(16(19)20)6-4-7-13(15)17/h2-8,18H,9-10H2,1H3,(H,19,20). The average molecular weight is 289 g/mol. The highest BCUT2D eigenvalue weighted by molar-refractivity contribution is 5.94. The van der Waals surface area contributed by atoms with Crippen LogP contribution in [0.3, 0.4) is 0 Å². The summed E-state index contributed by atoms with van der Waals surface area (Å²) in [5.41, 5.74) is 0.913. The zero-order valence-corrected chi connectivity index (χ0v) is 11.6. The first kappa shape index (κ1) is 14.8. The van der Waals surface area contributed by atoms with Crippen molar-refractivity contribution in [1.82, 2.24) is 0 Å². The van der Waals surface area contributed by atoms with E-state index in [9.17, 15) is 9.18 Å². The quantitative estimate of drug-likeness (QED) is 0.857. The second kappa shape index (κ2) is 6.74. The van der Waals surface area contributed by atoms with Crippen LogP contribution in [-0.4, -0.2) is 24.7 Å². The third-order valence-electron chi connectivity index (χ3n) is 3.13. The number of hydrogen-bond acceptors (Lipinski definition) is 3. The number of rotatable bonds is 6. The Hall–Kier alpha value is -2.56. The van der Waals surface area contributed by atoms with E-state index in [1.807, 2.05) is 24.3 Å². The summed E-state index contributed by atoms with van der Waals surface area (Å²) in [6.07, 6.45) is 0.595. The van der Waals surface area contributed by atoms with Gasteiger partial charge in [0.15, 0.2) is 0 Å². The molecule has 0 unspecified atom stereocenters. The first-order valence-corrected chi connectivity index (χ1v) is 6.51. The Labute approximate surface area is 122 Å². The zero-order chi connectivity index (χ0) is 15.2. The molecule has 0 atom stereocenters. The van der Waals surface area contributed by atoms with Gasteiger partial charge in [-0.1, -0.05) is 24.3 Å². The number of nitrogens with one attached hydrogen (secondary N) is 1. The number of halogens is 1. The molecule has 110 valence electrons. The second-order valence-electron chi connectivity index (χ2n) is 4.46. The predicted octanol–water partition coefficient (Wildman–Crippen LogP) is 3.19. The lowest BCUT2D eigenvalue weighted by Gasteiger charge is -2.12. The predicted molar refractivity (Wildman–Crippen MR) is 78.5 cm³/mol. The molecule has 0 aliphatic rings. The fraction of sp³-hybridized carbons (Fsp3) is 0.188. The molecule has 2 aromatic carbocycles. The number of para-hydroxylation sites is 2. The number of carbonyl (C=O) groups is 1. The van der Waals surface area contributed by atoms with Crippen LogP contribution in [0.15, 0.2) is 42.5 Å². The number of aromatic carboxylic acids is 1. The smallest absolute Gasteiger partial charge is 0.337 e. The molecule has 0 aliphatic heterocycles. The molecule has 0 fully saturated rings. The van der Waals surface area contributed by atoms with Gasteiger partial charge in [-0.3, -0.25) is 0 Å². The first-order valence-electron chi connectivity index (χ1n) is 6.51. The fourth-order valence-corrected chi connectivity index (χ4v) is 2.11. The van der Waals surface area contributed by atoms with Gasteiger partial charge < -0.3 is 15.2 Å². The highest BCUT2D eigenvalue weighted by Gasteiger charge is 2.13. The molecular formula is C16H16FNO3. The molecule has 0 radical (unpaired) electrons. The highest BCUT2D eigenvalue weighted by atomic mass is 19.1. The molecule has 5 heteroatoms. The summed E-state index contributed by atoms with van der Waals surface area (Å²) in [4.78, 5) is 11.1. The van der Waals surface area contributed by atoms with E-state index in [-0.39, 0.29) is 11.3 Å². The SMILES string of the molecule is COc1ccccc1CCNc1c(F)cccc1C(=O)O. The van der Waals surface area contributed by atoms with Crippen LogP contribution in [0.1, 0.15) is 15.9 Å². The number of hydrogen-bond donors (Lipinski definition) is 2. The van der Waals surface area contributed by atoms with E-state index in [1.165, 1.54) is 18.2 Å². The van der Waals surface area contributed by atoms with E-state index in [0.29, 0.717) is 13.0 Å². The van der Waals surface area contributed by atoms with Crippen LogP contribution >= 0.6 is 0 Å². The Bertz CT molecular complexity index is 643. The maximum Gasteiger partial charge on any atom is 0.337 e. The molecule has 0 saturated heterocycles. The monoisotopic (exact) mass is 289 g/mol. The Morgan fingerprint density at radius 1 is 1.24 bits per heavy atom. The lowest BCUT2D eigenvalue weighted by molar-refractivity contribution is 0.0697. The number of benzene rings is 2. The van der Waals surface area contributed by atoms with Crippen molar-refractivity contribution < 1.29 is 19.0 Å². The summed E-state index contributed by atoms with van der Waals surface area (Å²) in [6.45, 7) is 0.404. The van der Waals surface area contributed by atoms with Crippen LogP contribution in [0.4, 0.5) is 10.1 Å². The molecule has 0 aromatic heterocycles. The Morgan fingerprint density at radius 2 is 2.00 bits per heavy atom. The van der Waals surface area contributed by atoms with Crippen molar-refractivity contribution in [2.45, 2.75) is 6.42 Å². The van der Waals surface area contributed by atoms with Crippen LogP contribution < -0.4 is 10.1 Å². The topological polar surface area (TPSA) is 58.6 Å². The summed E-state index contributed by atoms with van der Waals surface area (Å²) in [7, 11) is 1.59. The van der Waals surface area contributed by atoms with Crippen molar-refractivity contribution in [3.63, 3.8) is 0 Å². The van der Waals surface area contributed by atoms with E-state index in [0.717, 1.165) is 11.3 Å². The van der Waals surface area contributed by atoms with Crippen LogP contribution in [0.2, 0.25) is 0 Å². The number of ether oxygens (including phenoxy) is 1. The van der Waals surface area contributed by atoms with E-state index in [1.54, 1.807) is 7.11 Å². The van der Waals surface area contributed by atoms with Crippen molar-refractivity contribution in [3.8, 4) is 5.75 Å². The van der Waals surface area contributed by atoms with Crippen molar-refractivity contribution in [2.24, 2.45) is 0 Å². The molecule has 0 amide bonds. The summed E-state index contributed by atoms with van der Waals surface area (Å²) >= 11 is 0. The van der Waals surface area contributed by atoms with Gasteiger partial charge in [0, 0.05) is 6.54 Å². The molecule has 2 rings (SSSR count). The molecule has 21 heavy (non-hydrogen) atoms. The number of carboxylic acids is 1. The van der Waals surface area contributed by atoms with E-state index < -0.39 is 11.8 Å². The molecule has 0 heterocycles. The molecule has 0 spiro atoms. The Balaban J connectivity index is 2.09. The first-order chi connectivity index (χ1) is 10.1. The minimum Gasteiger partial charge on any atom is -0.496 e. The molecule has 2 N–H and O–H groups in total. The van der Waals surface area contributed by atoms with Gasteiger partial charge in [-0.05, 0) is 30.2 Å². The Kier molecular flexibility index (Phi) is 4.77. The lowest BCUT2D eigenvalue weighted by atomic mass is 10.1. The van der Waals surface area contributed by atoms with Crippen LogP contribution in [-0.2, 0) is 6.42 Å². The van der Waals surface area contributed by atoms with Crippen LogP contribution in [0.5, 0.6) is 5.75 Å². The molecule has 2 aromatic rings.